The summed E-state index contributed by atoms with van der Waals surface area (Å²) in [6.07, 6.45) is 1.59. The number of aromatic nitrogens is 1. The van der Waals surface area contributed by atoms with Gasteiger partial charge in [-0.15, -0.1) is 11.8 Å². The van der Waals surface area contributed by atoms with Gasteiger partial charge in [0.15, 0.2) is 0 Å². The molecule has 0 aliphatic rings. The zero-order chi connectivity index (χ0) is 12.3. The number of halogens is 2. The fourth-order valence-electron chi connectivity index (χ4n) is 1.28. The monoisotopic (exact) mass is 268 g/mol. The number of nitrogens with zero attached hydrogens (tertiary/aromatic N) is 1. The molecule has 0 spiro atoms. The fourth-order valence-corrected chi connectivity index (χ4v) is 2.38. The van der Waals surface area contributed by atoms with Crippen LogP contribution < -0.4 is 5.73 Å². The summed E-state index contributed by atoms with van der Waals surface area (Å²) in [5.41, 5.74) is 6.92. The first-order valence-electron chi connectivity index (χ1n) is 4.93. The van der Waals surface area contributed by atoms with E-state index in [9.17, 15) is 4.39 Å². The zero-order valence-corrected chi connectivity index (χ0v) is 10.4. The van der Waals surface area contributed by atoms with Gasteiger partial charge in [-0.05, 0) is 35.9 Å². The number of hydrogen-bond donors (Lipinski definition) is 1. The van der Waals surface area contributed by atoms with Crippen molar-refractivity contribution in [2.24, 2.45) is 0 Å². The molecule has 0 radical (unpaired) electrons. The molecule has 0 saturated heterocycles. The summed E-state index contributed by atoms with van der Waals surface area (Å²) in [5, 5.41) is 1.40. The van der Waals surface area contributed by atoms with Crippen LogP contribution in [0.1, 0.15) is 5.56 Å². The molecule has 2 aromatic rings. The fraction of sp³-hybridized carbons (Fsp3) is 0.0833. The molecule has 2 rings (SSSR count). The van der Waals surface area contributed by atoms with Crippen LogP contribution in [-0.4, -0.2) is 4.98 Å². The summed E-state index contributed by atoms with van der Waals surface area (Å²) in [6, 6.07) is 7.95. The minimum Gasteiger partial charge on any atom is -0.397 e. The van der Waals surface area contributed by atoms with Crippen LogP contribution >= 0.6 is 23.4 Å². The molecule has 0 atom stereocenters. The lowest BCUT2D eigenvalue weighted by molar-refractivity contribution is 0.626. The van der Waals surface area contributed by atoms with Gasteiger partial charge in [0.25, 0.3) is 0 Å². The van der Waals surface area contributed by atoms with Gasteiger partial charge in [-0.3, -0.25) is 0 Å². The maximum atomic E-state index is 13.0. The summed E-state index contributed by atoms with van der Waals surface area (Å²) >= 11 is 7.45. The van der Waals surface area contributed by atoms with Crippen molar-refractivity contribution in [3.05, 3.63) is 52.9 Å². The summed E-state index contributed by atoms with van der Waals surface area (Å²) in [5.74, 6) is 0.295. The van der Waals surface area contributed by atoms with Crippen molar-refractivity contribution in [1.82, 2.24) is 4.98 Å². The van der Waals surface area contributed by atoms with Gasteiger partial charge in [0.05, 0.1) is 16.9 Å². The summed E-state index contributed by atoms with van der Waals surface area (Å²) in [6.45, 7) is 0. The van der Waals surface area contributed by atoms with Crippen LogP contribution in [0.5, 0.6) is 0 Å². The predicted octanol–water partition coefficient (Wildman–Crippen LogP) is 3.75. The van der Waals surface area contributed by atoms with Gasteiger partial charge in [0, 0.05) is 10.8 Å². The quantitative estimate of drug-likeness (QED) is 0.862. The second-order valence-electron chi connectivity index (χ2n) is 3.45. The van der Waals surface area contributed by atoms with E-state index in [1.165, 1.54) is 23.9 Å². The molecule has 0 fully saturated rings. The van der Waals surface area contributed by atoms with Gasteiger partial charge in [-0.1, -0.05) is 11.6 Å². The molecule has 0 aliphatic carbocycles. The highest BCUT2D eigenvalue weighted by molar-refractivity contribution is 7.98. The van der Waals surface area contributed by atoms with E-state index in [-0.39, 0.29) is 5.82 Å². The summed E-state index contributed by atoms with van der Waals surface area (Å²) in [4.78, 5) is 4.15. The standard InChI is InChI=1S/C12H10ClFN2S/c13-11-3-1-9(14)5-8(11)7-17-12-4-2-10(15)6-16-12/h1-6H,7,15H2. The number of thioether (sulfide) groups is 1. The number of hydrogen-bond acceptors (Lipinski definition) is 3. The van der Waals surface area contributed by atoms with Crippen molar-refractivity contribution < 1.29 is 4.39 Å². The minimum absolute atomic E-state index is 0.282. The molecular weight excluding hydrogens is 259 g/mol. The molecule has 0 bridgehead atoms. The van der Waals surface area contributed by atoms with Crippen molar-refractivity contribution in [1.29, 1.82) is 0 Å². The van der Waals surface area contributed by atoms with Crippen LogP contribution in [0.3, 0.4) is 0 Å². The maximum absolute atomic E-state index is 13.0. The average Bonchev–Trinajstić information content (AvgIpc) is 2.32. The molecule has 1 aromatic heterocycles. The van der Waals surface area contributed by atoms with Crippen LogP contribution in [0.2, 0.25) is 5.02 Å². The highest BCUT2D eigenvalue weighted by Gasteiger charge is 2.03. The number of pyridine rings is 1. The normalized spacial score (nSPS) is 10.5. The second kappa shape index (κ2) is 5.38. The van der Waals surface area contributed by atoms with E-state index in [0.717, 1.165) is 10.6 Å². The Morgan fingerprint density at radius 1 is 1.29 bits per heavy atom. The third-order valence-corrected chi connectivity index (χ3v) is 3.50. The lowest BCUT2D eigenvalue weighted by Crippen LogP contribution is -1.88. The minimum atomic E-state index is -0.282. The Labute approximate surface area is 108 Å². The molecule has 1 aromatic carbocycles. The largest absolute Gasteiger partial charge is 0.397 e. The Kier molecular flexibility index (Phi) is 3.86. The van der Waals surface area contributed by atoms with E-state index in [2.05, 4.69) is 4.98 Å². The summed E-state index contributed by atoms with van der Waals surface area (Å²) in [7, 11) is 0. The van der Waals surface area contributed by atoms with E-state index in [0.29, 0.717) is 16.5 Å². The zero-order valence-electron chi connectivity index (χ0n) is 8.86. The van der Waals surface area contributed by atoms with Crippen molar-refractivity contribution >= 4 is 29.1 Å². The molecule has 0 unspecified atom stereocenters. The Hall–Kier alpha value is -1.26. The van der Waals surface area contributed by atoms with Gasteiger partial charge in [-0.2, -0.15) is 0 Å². The van der Waals surface area contributed by atoms with E-state index in [1.54, 1.807) is 18.3 Å². The number of rotatable bonds is 3. The molecular formula is C12H10ClFN2S. The van der Waals surface area contributed by atoms with Crippen molar-refractivity contribution in [2.45, 2.75) is 10.8 Å². The Balaban J connectivity index is 2.07. The average molecular weight is 269 g/mol. The van der Waals surface area contributed by atoms with Crippen molar-refractivity contribution in [3.8, 4) is 0 Å². The second-order valence-corrected chi connectivity index (χ2v) is 4.86. The topological polar surface area (TPSA) is 38.9 Å². The van der Waals surface area contributed by atoms with E-state index in [1.807, 2.05) is 6.07 Å². The molecule has 17 heavy (non-hydrogen) atoms. The SMILES string of the molecule is Nc1ccc(SCc2cc(F)ccc2Cl)nc1. The third-order valence-electron chi connectivity index (χ3n) is 2.14. The number of benzene rings is 1. The van der Waals surface area contributed by atoms with Crippen LogP contribution in [0.25, 0.3) is 0 Å². The van der Waals surface area contributed by atoms with Crippen LogP contribution in [-0.2, 0) is 5.75 Å². The highest BCUT2D eigenvalue weighted by Crippen LogP contribution is 2.26. The van der Waals surface area contributed by atoms with Gasteiger partial charge in [-0.25, -0.2) is 9.37 Å². The number of nitrogens with two attached hydrogens (primary N) is 1. The molecule has 2 nitrogen and oxygen atoms in total. The highest BCUT2D eigenvalue weighted by atomic mass is 35.5. The van der Waals surface area contributed by atoms with Crippen LogP contribution in [0.15, 0.2) is 41.6 Å². The van der Waals surface area contributed by atoms with Gasteiger partial charge < -0.3 is 5.73 Å². The van der Waals surface area contributed by atoms with Gasteiger partial charge >= 0.3 is 0 Å². The van der Waals surface area contributed by atoms with Gasteiger partial charge in [0.2, 0.25) is 0 Å². The molecule has 0 amide bonds. The smallest absolute Gasteiger partial charge is 0.123 e. The van der Waals surface area contributed by atoms with E-state index in [4.69, 9.17) is 17.3 Å². The van der Waals surface area contributed by atoms with Crippen LogP contribution in [0, 0.1) is 5.82 Å². The molecule has 5 heteroatoms. The first-order valence-corrected chi connectivity index (χ1v) is 6.30. The summed E-state index contributed by atoms with van der Waals surface area (Å²) < 4.78 is 13.0. The van der Waals surface area contributed by atoms with Gasteiger partial charge in [0.1, 0.15) is 5.82 Å². The predicted molar refractivity (Wildman–Crippen MR) is 69.6 cm³/mol. The molecule has 2 N–H and O–H groups in total. The third kappa shape index (κ3) is 3.35. The maximum Gasteiger partial charge on any atom is 0.123 e. The van der Waals surface area contributed by atoms with E-state index < -0.39 is 0 Å². The van der Waals surface area contributed by atoms with Crippen molar-refractivity contribution in [3.63, 3.8) is 0 Å². The number of nitrogen functional groups attached to an aromatic ring is 1. The lowest BCUT2D eigenvalue weighted by atomic mass is 10.2. The number of anilines is 1. The molecule has 1 heterocycles. The Bertz CT molecular complexity index is 516. The lowest BCUT2D eigenvalue weighted by Gasteiger charge is -2.04. The van der Waals surface area contributed by atoms with Crippen molar-refractivity contribution in [2.75, 3.05) is 5.73 Å². The van der Waals surface area contributed by atoms with E-state index >= 15 is 0 Å². The first-order chi connectivity index (χ1) is 8.15. The molecule has 88 valence electrons. The molecule has 0 saturated carbocycles. The Morgan fingerprint density at radius 3 is 2.82 bits per heavy atom. The Morgan fingerprint density at radius 2 is 2.12 bits per heavy atom. The molecule has 0 aliphatic heterocycles. The first kappa shape index (κ1) is 12.2. The van der Waals surface area contributed by atoms with Crippen LogP contribution in [0.4, 0.5) is 10.1 Å².